The number of thiazole rings is 1. The molecule has 7 nitrogen and oxygen atoms in total. The van der Waals surface area contributed by atoms with Gasteiger partial charge in [-0.3, -0.25) is 4.79 Å². The van der Waals surface area contributed by atoms with Crippen molar-refractivity contribution >= 4 is 27.4 Å². The number of nitrogens with zero attached hydrogens (tertiary/aromatic N) is 1. The lowest BCUT2D eigenvalue weighted by molar-refractivity contribution is -0.156. The van der Waals surface area contributed by atoms with Crippen molar-refractivity contribution in [3.05, 3.63) is 71.4 Å². The Morgan fingerprint density at radius 3 is 2.32 bits per heavy atom. The van der Waals surface area contributed by atoms with Gasteiger partial charge in [-0.2, -0.15) is 18.6 Å². The molecule has 0 radical (unpaired) electrons. The second kappa shape index (κ2) is 9.27. The molecule has 2 aromatic carbocycles. The van der Waals surface area contributed by atoms with Crippen LogP contribution in [0.2, 0.25) is 0 Å². The van der Waals surface area contributed by atoms with E-state index < -0.39 is 21.6 Å². The molecule has 2 N–H and O–H groups in total. The average molecular weight is 461 g/mol. The molecular weight excluding hydrogens is 436 g/mol. The molecule has 0 aliphatic carbocycles. The van der Waals surface area contributed by atoms with Crippen molar-refractivity contribution in [1.82, 2.24) is 4.98 Å². The van der Waals surface area contributed by atoms with Gasteiger partial charge < -0.3 is 4.74 Å². The highest BCUT2D eigenvalue weighted by Gasteiger charge is 2.29. The summed E-state index contributed by atoms with van der Waals surface area (Å²) in [6, 6.07) is 15.8. The molecule has 0 bridgehead atoms. The summed E-state index contributed by atoms with van der Waals surface area (Å²) >= 11 is 1.43. The highest BCUT2D eigenvalue weighted by molar-refractivity contribution is 7.86. The molecule has 0 fully saturated rings. The largest absolute Gasteiger partial charge is 0.459 e. The van der Waals surface area contributed by atoms with Crippen LogP contribution in [0.5, 0.6) is 0 Å². The van der Waals surface area contributed by atoms with Crippen molar-refractivity contribution in [3.63, 3.8) is 0 Å². The summed E-state index contributed by atoms with van der Waals surface area (Å²) in [6.07, 6.45) is 2.06. The standard InChI is InChI=1S/C22H24N2O5S2/c1-22(2,3)28-21(25)18(13-15-9-11-17(12-10-15)31(26,27)29-23)20-24-14-19(30-20)16-7-5-4-6-8-16/h4-12,14,18H,13,23H2,1-3H3/t18-/m1/s1. The molecule has 0 aliphatic heterocycles. The van der Waals surface area contributed by atoms with Crippen LogP contribution in [0, 0.1) is 0 Å². The Kier molecular flexibility index (Phi) is 6.90. The highest BCUT2D eigenvalue weighted by atomic mass is 32.2. The van der Waals surface area contributed by atoms with Gasteiger partial charge >= 0.3 is 16.1 Å². The van der Waals surface area contributed by atoms with E-state index in [4.69, 9.17) is 10.6 Å². The van der Waals surface area contributed by atoms with E-state index in [0.717, 1.165) is 16.0 Å². The van der Waals surface area contributed by atoms with Crippen LogP contribution in [-0.4, -0.2) is 25.0 Å². The third-order valence-corrected chi connectivity index (χ3v) is 6.61. The molecule has 164 valence electrons. The number of rotatable bonds is 7. The molecule has 0 spiro atoms. The van der Waals surface area contributed by atoms with Crippen molar-refractivity contribution in [2.24, 2.45) is 5.90 Å². The lowest BCUT2D eigenvalue weighted by Crippen LogP contribution is -2.28. The first-order valence-electron chi connectivity index (χ1n) is 9.55. The number of ether oxygens (including phenoxy) is 1. The fourth-order valence-electron chi connectivity index (χ4n) is 2.91. The third-order valence-electron chi connectivity index (χ3n) is 4.35. The number of hydrogen-bond donors (Lipinski definition) is 1. The predicted octanol–water partition coefficient (Wildman–Crippen LogP) is 4.06. The van der Waals surface area contributed by atoms with Crippen LogP contribution in [0.1, 0.15) is 37.3 Å². The van der Waals surface area contributed by atoms with Gasteiger partial charge in [0.1, 0.15) is 16.5 Å². The fourth-order valence-corrected chi connectivity index (χ4v) is 4.50. The monoisotopic (exact) mass is 460 g/mol. The van der Waals surface area contributed by atoms with Gasteiger partial charge in [-0.25, -0.2) is 4.98 Å². The van der Waals surface area contributed by atoms with E-state index >= 15 is 0 Å². The maximum absolute atomic E-state index is 13.0. The molecule has 1 atom stereocenters. The van der Waals surface area contributed by atoms with Gasteiger partial charge in [0.25, 0.3) is 0 Å². The zero-order valence-corrected chi connectivity index (χ0v) is 19.1. The van der Waals surface area contributed by atoms with Gasteiger partial charge in [0.05, 0.1) is 9.77 Å². The van der Waals surface area contributed by atoms with Crippen LogP contribution >= 0.6 is 11.3 Å². The van der Waals surface area contributed by atoms with E-state index in [0.29, 0.717) is 11.4 Å². The molecule has 0 amide bonds. The van der Waals surface area contributed by atoms with Gasteiger partial charge in [0.15, 0.2) is 0 Å². The summed E-state index contributed by atoms with van der Waals surface area (Å²) < 4.78 is 33.1. The summed E-state index contributed by atoms with van der Waals surface area (Å²) in [6.45, 7) is 5.43. The Bertz CT molecular complexity index is 1130. The first kappa shape index (κ1) is 23.1. The topological polar surface area (TPSA) is 109 Å². The van der Waals surface area contributed by atoms with Crippen molar-refractivity contribution in [2.75, 3.05) is 0 Å². The van der Waals surface area contributed by atoms with E-state index in [1.54, 1.807) is 18.3 Å². The van der Waals surface area contributed by atoms with Gasteiger partial charge in [-0.05, 0) is 50.5 Å². The number of hydrogen-bond acceptors (Lipinski definition) is 8. The molecule has 0 saturated heterocycles. The maximum atomic E-state index is 13.0. The van der Waals surface area contributed by atoms with Crippen LogP contribution in [-0.2, 0) is 30.4 Å². The maximum Gasteiger partial charge on any atom is 0.316 e. The first-order valence-corrected chi connectivity index (χ1v) is 11.8. The van der Waals surface area contributed by atoms with Crippen LogP contribution in [0.25, 0.3) is 10.4 Å². The Morgan fingerprint density at radius 2 is 1.74 bits per heavy atom. The summed E-state index contributed by atoms with van der Waals surface area (Å²) in [5.74, 6) is 3.81. The summed E-state index contributed by atoms with van der Waals surface area (Å²) in [5.41, 5.74) is 1.12. The molecular formula is C22H24N2O5S2. The Hall–Kier alpha value is -2.59. The van der Waals surface area contributed by atoms with E-state index in [1.807, 2.05) is 51.1 Å². The highest BCUT2D eigenvalue weighted by Crippen LogP contribution is 2.33. The minimum absolute atomic E-state index is 0.0619. The van der Waals surface area contributed by atoms with Gasteiger partial charge in [0, 0.05) is 6.20 Å². The number of carbonyl (C=O) groups is 1. The minimum Gasteiger partial charge on any atom is -0.459 e. The van der Waals surface area contributed by atoms with E-state index in [1.165, 1.54) is 23.5 Å². The van der Waals surface area contributed by atoms with E-state index in [2.05, 4.69) is 9.27 Å². The van der Waals surface area contributed by atoms with Crippen molar-refractivity contribution in [1.29, 1.82) is 0 Å². The lowest BCUT2D eigenvalue weighted by Gasteiger charge is -2.23. The number of aromatic nitrogens is 1. The molecule has 3 aromatic rings. The third kappa shape index (κ3) is 5.98. The second-order valence-corrected chi connectivity index (χ2v) is 10.5. The number of carbonyl (C=O) groups excluding carboxylic acids is 1. The van der Waals surface area contributed by atoms with Crippen molar-refractivity contribution in [3.8, 4) is 10.4 Å². The molecule has 0 saturated carbocycles. The second-order valence-electron chi connectivity index (χ2n) is 7.91. The van der Waals surface area contributed by atoms with Crippen LogP contribution in [0.3, 0.4) is 0 Å². The summed E-state index contributed by atoms with van der Waals surface area (Å²) in [4.78, 5) is 18.4. The van der Waals surface area contributed by atoms with E-state index in [-0.39, 0.29) is 10.9 Å². The molecule has 0 aliphatic rings. The fraction of sp³-hybridized carbons (Fsp3) is 0.273. The SMILES string of the molecule is CC(C)(C)OC(=O)[C@H](Cc1ccc(S(=O)(=O)ON)cc1)c1ncc(-c2ccccc2)s1. The summed E-state index contributed by atoms with van der Waals surface area (Å²) in [5, 5.41) is 0.634. The first-order chi connectivity index (χ1) is 14.6. The predicted molar refractivity (Wildman–Crippen MR) is 119 cm³/mol. The molecule has 31 heavy (non-hydrogen) atoms. The van der Waals surface area contributed by atoms with E-state index in [9.17, 15) is 13.2 Å². The van der Waals surface area contributed by atoms with Gasteiger partial charge in [-0.15, -0.1) is 11.3 Å². The Labute approximate surface area is 185 Å². The molecule has 9 heteroatoms. The molecule has 3 rings (SSSR count). The molecule has 1 aromatic heterocycles. The van der Waals surface area contributed by atoms with Gasteiger partial charge in [-0.1, -0.05) is 42.5 Å². The zero-order chi connectivity index (χ0) is 22.6. The molecule has 0 unspecified atom stereocenters. The van der Waals surface area contributed by atoms with Crippen LogP contribution in [0.15, 0.2) is 65.7 Å². The quantitative estimate of drug-likeness (QED) is 0.418. The Morgan fingerprint density at radius 1 is 1.10 bits per heavy atom. The normalized spacial score (nSPS) is 13.0. The zero-order valence-electron chi connectivity index (χ0n) is 17.4. The van der Waals surface area contributed by atoms with Crippen LogP contribution in [0.4, 0.5) is 0 Å². The molecule has 1 heterocycles. The minimum atomic E-state index is -3.99. The smallest absolute Gasteiger partial charge is 0.316 e. The average Bonchev–Trinajstić information content (AvgIpc) is 3.21. The van der Waals surface area contributed by atoms with Crippen LogP contribution < -0.4 is 5.90 Å². The van der Waals surface area contributed by atoms with Crippen molar-refractivity contribution < 1.29 is 22.2 Å². The van der Waals surface area contributed by atoms with Crippen molar-refractivity contribution in [2.45, 2.75) is 43.6 Å². The Balaban J connectivity index is 1.91. The number of benzene rings is 2. The lowest BCUT2D eigenvalue weighted by atomic mass is 9.99. The summed E-state index contributed by atoms with van der Waals surface area (Å²) in [7, 11) is -3.99. The number of nitrogens with two attached hydrogens (primary N) is 1. The number of esters is 1. The van der Waals surface area contributed by atoms with Gasteiger partial charge in [0.2, 0.25) is 0 Å².